The maximum Gasteiger partial charge on any atom is 0.179 e. The lowest BCUT2D eigenvalue weighted by atomic mass is 10.2. The summed E-state index contributed by atoms with van der Waals surface area (Å²) in [6.07, 6.45) is 0. The van der Waals surface area contributed by atoms with Crippen LogP contribution in [0.4, 0.5) is 0 Å². The number of hydrogen-bond donors (Lipinski definition) is 0. The van der Waals surface area contributed by atoms with Crippen molar-refractivity contribution in [3.63, 3.8) is 0 Å². The van der Waals surface area contributed by atoms with E-state index in [2.05, 4.69) is 146 Å². The first-order valence-corrected chi connectivity index (χ1v) is 21.3. The highest BCUT2D eigenvalue weighted by molar-refractivity contribution is 7.19. The molecule has 8 rings (SSSR count). The predicted molar refractivity (Wildman–Crippen MR) is 233 cm³/mol. The minimum absolute atomic E-state index is 0.502. The van der Waals surface area contributed by atoms with Crippen LogP contribution in [0, 0.1) is 0 Å². The average Bonchev–Trinajstić information content (AvgIpc) is 3.29. The molecule has 0 radical (unpaired) electrons. The van der Waals surface area contributed by atoms with Crippen LogP contribution in [-0.4, -0.2) is 8.07 Å². The Balaban J connectivity index is 1.18. The highest BCUT2D eigenvalue weighted by Gasteiger charge is 2.41. The molecular weight excluding hydrogens is 717 g/mol. The summed E-state index contributed by atoms with van der Waals surface area (Å²) in [4.78, 5) is 0. The minimum Gasteiger partial charge on any atom is -0.489 e. The van der Waals surface area contributed by atoms with Crippen LogP contribution in [0.5, 0.6) is 23.0 Å². The van der Waals surface area contributed by atoms with Crippen LogP contribution >= 0.6 is 0 Å². The molecule has 5 heteroatoms. The average molecular weight is 761 g/mol. The van der Waals surface area contributed by atoms with Gasteiger partial charge in [-0.05, 0) is 91.5 Å². The van der Waals surface area contributed by atoms with Crippen molar-refractivity contribution in [2.24, 2.45) is 0 Å². The van der Waals surface area contributed by atoms with E-state index in [1.54, 1.807) is 0 Å². The Morgan fingerprint density at radius 1 is 0.228 bits per heavy atom. The molecule has 0 fully saturated rings. The van der Waals surface area contributed by atoms with E-state index in [1.807, 2.05) is 72.8 Å². The van der Waals surface area contributed by atoms with Gasteiger partial charge in [-0.25, -0.2) is 0 Å². The Morgan fingerprint density at radius 3 is 0.614 bits per heavy atom. The van der Waals surface area contributed by atoms with Crippen molar-refractivity contribution >= 4 is 28.8 Å². The third-order valence-electron chi connectivity index (χ3n) is 10.1. The molecule has 4 nitrogen and oxygen atoms in total. The molecule has 0 N–H and O–H groups in total. The third-order valence-corrected chi connectivity index (χ3v) is 14.9. The topological polar surface area (TPSA) is 36.9 Å². The van der Waals surface area contributed by atoms with Crippen molar-refractivity contribution in [2.45, 2.75) is 26.4 Å². The summed E-state index contributed by atoms with van der Waals surface area (Å²) < 4.78 is 25.1. The van der Waals surface area contributed by atoms with Gasteiger partial charge in [0, 0.05) is 0 Å². The molecular formula is C52H44O4Si. The van der Waals surface area contributed by atoms with Gasteiger partial charge in [0.1, 0.15) is 49.4 Å². The molecule has 0 atom stereocenters. The van der Waals surface area contributed by atoms with E-state index < -0.39 is 8.07 Å². The Morgan fingerprint density at radius 2 is 0.421 bits per heavy atom. The smallest absolute Gasteiger partial charge is 0.179 e. The first kappa shape index (κ1) is 37.1. The molecule has 8 aromatic rings. The minimum atomic E-state index is -2.96. The van der Waals surface area contributed by atoms with Gasteiger partial charge in [-0.3, -0.25) is 0 Å². The van der Waals surface area contributed by atoms with Crippen LogP contribution in [0.3, 0.4) is 0 Å². The largest absolute Gasteiger partial charge is 0.489 e. The van der Waals surface area contributed by atoms with Gasteiger partial charge in [0.25, 0.3) is 0 Å². The zero-order chi connectivity index (χ0) is 38.5. The molecule has 0 aliphatic carbocycles. The number of hydrogen-bond acceptors (Lipinski definition) is 4. The molecule has 0 aliphatic heterocycles. The van der Waals surface area contributed by atoms with E-state index in [9.17, 15) is 0 Å². The molecule has 0 unspecified atom stereocenters. The molecule has 8 aromatic carbocycles. The Bertz CT molecular complexity index is 2050. The lowest BCUT2D eigenvalue weighted by molar-refractivity contribution is 0.306. The second kappa shape index (κ2) is 18.2. The molecule has 0 aliphatic rings. The highest BCUT2D eigenvalue weighted by atomic mass is 28.3. The zero-order valence-electron chi connectivity index (χ0n) is 31.7. The van der Waals surface area contributed by atoms with Crippen LogP contribution in [0.1, 0.15) is 22.3 Å². The monoisotopic (exact) mass is 760 g/mol. The van der Waals surface area contributed by atoms with Gasteiger partial charge < -0.3 is 18.9 Å². The van der Waals surface area contributed by atoms with Gasteiger partial charge in [0.2, 0.25) is 0 Å². The number of benzene rings is 8. The number of rotatable bonds is 16. The molecule has 0 spiro atoms. The van der Waals surface area contributed by atoms with E-state index in [4.69, 9.17) is 18.9 Å². The SMILES string of the molecule is c1ccc(COc2ccc([Si](c3ccc(OCc4ccccc4)cc3)(c3ccc(OCc4ccccc4)cc3)c3ccc(OCc4ccccc4)cc3)cc2)cc1. The summed E-state index contributed by atoms with van der Waals surface area (Å²) in [5.41, 5.74) is 4.51. The summed E-state index contributed by atoms with van der Waals surface area (Å²) in [6, 6.07) is 75.8. The van der Waals surface area contributed by atoms with Gasteiger partial charge >= 0.3 is 0 Å². The molecule has 280 valence electrons. The van der Waals surface area contributed by atoms with E-state index in [0.29, 0.717) is 26.4 Å². The van der Waals surface area contributed by atoms with Crippen LogP contribution in [0.15, 0.2) is 218 Å². The van der Waals surface area contributed by atoms with Gasteiger partial charge in [0.15, 0.2) is 8.07 Å². The summed E-state index contributed by atoms with van der Waals surface area (Å²) in [6.45, 7) is 2.01. The lowest BCUT2D eigenvalue weighted by Crippen LogP contribution is -2.74. The zero-order valence-corrected chi connectivity index (χ0v) is 32.7. The summed E-state index contributed by atoms with van der Waals surface area (Å²) in [5.74, 6) is 3.29. The third kappa shape index (κ3) is 9.18. The van der Waals surface area contributed by atoms with Gasteiger partial charge in [-0.15, -0.1) is 0 Å². The molecule has 0 bridgehead atoms. The van der Waals surface area contributed by atoms with E-state index in [1.165, 1.54) is 20.7 Å². The Hall–Kier alpha value is -6.82. The fourth-order valence-electron chi connectivity index (χ4n) is 7.17. The van der Waals surface area contributed by atoms with Gasteiger partial charge in [-0.2, -0.15) is 0 Å². The normalized spacial score (nSPS) is 11.1. The summed E-state index contributed by atoms with van der Waals surface area (Å²) in [7, 11) is -2.96. The van der Waals surface area contributed by atoms with Gasteiger partial charge in [0.05, 0.1) is 0 Å². The molecule has 0 heterocycles. The van der Waals surface area contributed by atoms with Crippen molar-refractivity contribution in [1.82, 2.24) is 0 Å². The van der Waals surface area contributed by atoms with Crippen molar-refractivity contribution in [2.75, 3.05) is 0 Å². The molecule has 0 saturated carbocycles. The second-order valence-corrected chi connectivity index (χ2v) is 17.8. The van der Waals surface area contributed by atoms with Crippen molar-refractivity contribution in [3.05, 3.63) is 241 Å². The van der Waals surface area contributed by atoms with Crippen molar-refractivity contribution in [1.29, 1.82) is 0 Å². The van der Waals surface area contributed by atoms with E-state index >= 15 is 0 Å². The maximum atomic E-state index is 6.28. The number of ether oxygens (including phenoxy) is 4. The summed E-state index contributed by atoms with van der Waals surface area (Å²) >= 11 is 0. The van der Waals surface area contributed by atoms with Gasteiger partial charge in [-0.1, -0.05) is 170 Å². The fraction of sp³-hybridized carbons (Fsp3) is 0.0769. The molecule has 0 amide bonds. The van der Waals surface area contributed by atoms with E-state index in [0.717, 1.165) is 45.3 Å². The quantitative estimate of drug-likeness (QED) is 0.0727. The van der Waals surface area contributed by atoms with Crippen LogP contribution in [0.25, 0.3) is 0 Å². The summed E-state index contributed by atoms with van der Waals surface area (Å²) in [5, 5.41) is 4.90. The van der Waals surface area contributed by atoms with Crippen molar-refractivity contribution in [3.8, 4) is 23.0 Å². The first-order valence-electron chi connectivity index (χ1n) is 19.3. The van der Waals surface area contributed by atoms with Crippen LogP contribution in [0.2, 0.25) is 0 Å². The van der Waals surface area contributed by atoms with Crippen LogP contribution in [-0.2, 0) is 26.4 Å². The van der Waals surface area contributed by atoms with Crippen molar-refractivity contribution < 1.29 is 18.9 Å². The van der Waals surface area contributed by atoms with Crippen LogP contribution < -0.4 is 39.7 Å². The molecule has 57 heavy (non-hydrogen) atoms. The highest BCUT2D eigenvalue weighted by Crippen LogP contribution is 2.21. The Kier molecular flexibility index (Phi) is 11.9. The standard InChI is InChI=1S/C52H44O4Si/c1-5-13-41(14-6-1)37-53-45-21-29-49(30-22-45)57(50-31-23-46(24-32-50)54-38-42-15-7-2-8-16-42,51-33-25-47(26-34-51)55-39-43-17-9-3-10-18-43)52-35-27-48(28-36-52)56-40-44-19-11-4-12-20-44/h1-36H,37-40H2. The fourth-order valence-corrected chi connectivity index (χ4v) is 11.8. The van der Waals surface area contributed by atoms with E-state index in [-0.39, 0.29) is 0 Å². The molecule has 0 aromatic heterocycles. The lowest BCUT2D eigenvalue weighted by Gasteiger charge is -2.35. The second-order valence-electron chi connectivity index (χ2n) is 13.9. The Labute approximate surface area is 336 Å². The predicted octanol–water partition coefficient (Wildman–Crippen LogP) is 9.38. The maximum absolute atomic E-state index is 6.28. The molecule has 0 saturated heterocycles. The first-order chi connectivity index (χ1) is 28.2.